The number of rotatable bonds is 11. The van der Waals surface area contributed by atoms with Gasteiger partial charge in [-0.2, -0.15) is 0 Å². The number of nitrogens with one attached hydrogen (secondary N) is 2. The van der Waals surface area contributed by atoms with E-state index in [0.717, 1.165) is 11.1 Å². The fraction of sp³-hybridized carbons (Fsp3) is 0.484. The lowest BCUT2D eigenvalue weighted by atomic mass is 9.89. The molecule has 0 fully saturated rings. The predicted octanol–water partition coefficient (Wildman–Crippen LogP) is 4.78. The summed E-state index contributed by atoms with van der Waals surface area (Å²) in [5.41, 5.74) is 6.58. The van der Waals surface area contributed by atoms with Crippen molar-refractivity contribution in [2.24, 2.45) is 5.73 Å². The Labute approximate surface area is 242 Å². The van der Waals surface area contributed by atoms with E-state index in [0.29, 0.717) is 23.4 Å². The SMILES string of the molecule is CCC(C)(C)N(C(=O)C(CC(N)=O)NC(=O)OC(C)(C)C)C(C(=O)Nc1ccc(OC)cc1)c1cc(C)ccc1C. The molecule has 0 aromatic heterocycles. The molecule has 10 nitrogen and oxygen atoms in total. The summed E-state index contributed by atoms with van der Waals surface area (Å²) in [5.74, 6) is -1.27. The van der Waals surface area contributed by atoms with Crippen molar-refractivity contribution in [2.45, 2.75) is 91.5 Å². The maximum atomic E-state index is 14.4. The molecule has 0 bridgehead atoms. The number of nitrogens with two attached hydrogens (primary N) is 1. The van der Waals surface area contributed by atoms with Gasteiger partial charge < -0.3 is 30.7 Å². The maximum absolute atomic E-state index is 14.4. The molecule has 0 aliphatic heterocycles. The van der Waals surface area contributed by atoms with Crippen LogP contribution in [0.5, 0.6) is 5.75 Å². The van der Waals surface area contributed by atoms with Crippen molar-refractivity contribution in [1.82, 2.24) is 10.2 Å². The second kappa shape index (κ2) is 13.5. The minimum absolute atomic E-state index is 0.464. The highest BCUT2D eigenvalue weighted by Gasteiger charge is 2.44. The second-order valence-electron chi connectivity index (χ2n) is 11.7. The van der Waals surface area contributed by atoms with Crippen molar-refractivity contribution >= 4 is 29.5 Å². The van der Waals surface area contributed by atoms with Crippen molar-refractivity contribution < 1.29 is 28.7 Å². The molecular formula is C31H44N4O6. The van der Waals surface area contributed by atoms with Crippen molar-refractivity contribution in [1.29, 1.82) is 0 Å². The molecule has 10 heteroatoms. The molecule has 2 rings (SSSR count). The summed E-state index contributed by atoms with van der Waals surface area (Å²) in [4.78, 5) is 54.8. The molecule has 0 aliphatic rings. The summed E-state index contributed by atoms with van der Waals surface area (Å²) >= 11 is 0. The van der Waals surface area contributed by atoms with E-state index in [-0.39, 0.29) is 0 Å². The minimum Gasteiger partial charge on any atom is -0.497 e. The number of benzene rings is 2. The highest BCUT2D eigenvalue weighted by atomic mass is 16.6. The molecule has 2 aromatic carbocycles. The molecule has 2 aromatic rings. The molecule has 0 aliphatic carbocycles. The molecule has 0 radical (unpaired) electrons. The third-order valence-corrected chi connectivity index (χ3v) is 6.74. The Bertz CT molecular complexity index is 1250. The Balaban J connectivity index is 2.69. The zero-order valence-corrected chi connectivity index (χ0v) is 25.6. The van der Waals surface area contributed by atoms with Gasteiger partial charge in [0.25, 0.3) is 5.91 Å². The molecular weight excluding hydrogens is 524 g/mol. The summed E-state index contributed by atoms with van der Waals surface area (Å²) < 4.78 is 10.6. The summed E-state index contributed by atoms with van der Waals surface area (Å²) in [6.07, 6.45) is -0.892. The zero-order valence-electron chi connectivity index (χ0n) is 25.6. The number of aryl methyl sites for hydroxylation is 2. The number of hydrogen-bond donors (Lipinski definition) is 3. The minimum atomic E-state index is -1.37. The molecule has 0 spiro atoms. The summed E-state index contributed by atoms with van der Waals surface area (Å²) in [6, 6.07) is 10.0. The van der Waals surface area contributed by atoms with E-state index < -0.39 is 53.5 Å². The van der Waals surface area contributed by atoms with Gasteiger partial charge in [0, 0.05) is 11.2 Å². The number of nitrogens with zero attached hydrogens (tertiary/aromatic N) is 1. The van der Waals surface area contributed by atoms with Crippen LogP contribution in [0.25, 0.3) is 0 Å². The molecule has 0 saturated heterocycles. The van der Waals surface area contributed by atoms with E-state index in [4.69, 9.17) is 15.2 Å². The van der Waals surface area contributed by atoms with Crippen molar-refractivity contribution in [3.63, 3.8) is 0 Å². The largest absolute Gasteiger partial charge is 0.497 e. The van der Waals surface area contributed by atoms with Crippen LogP contribution in [0.1, 0.15) is 77.1 Å². The molecule has 0 heterocycles. The Morgan fingerprint density at radius 3 is 2.10 bits per heavy atom. The van der Waals surface area contributed by atoms with Crippen LogP contribution in [0.3, 0.4) is 0 Å². The van der Waals surface area contributed by atoms with Crippen molar-refractivity contribution in [2.75, 3.05) is 12.4 Å². The van der Waals surface area contributed by atoms with E-state index in [1.807, 2.05) is 52.8 Å². The van der Waals surface area contributed by atoms with Gasteiger partial charge in [0.1, 0.15) is 23.4 Å². The van der Waals surface area contributed by atoms with Crippen LogP contribution in [0, 0.1) is 13.8 Å². The monoisotopic (exact) mass is 568 g/mol. The van der Waals surface area contributed by atoms with Gasteiger partial charge in [0.2, 0.25) is 11.8 Å². The first-order valence-corrected chi connectivity index (χ1v) is 13.6. The molecule has 41 heavy (non-hydrogen) atoms. The van der Waals surface area contributed by atoms with E-state index in [2.05, 4.69) is 10.6 Å². The molecule has 2 unspecified atom stereocenters. The van der Waals surface area contributed by atoms with Crippen LogP contribution in [-0.4, -0.2) is 53.0 Å². The van der Waals surface area contributed by atoms with Gasteiger partial charge in [0.05, 0.1) is 13.5 Å². The standard InChI is InChI=1S/C31H44N4O6/c1-10-31(7,8)35(28(38)24(18-25(32)36)34-29(39)41-30(4,5)6)26(23-17-19(2)11-12-20(23)3)27(37)33-21-13-15-22(40-9)16-14-21/h11-17,24,26H,10,18H2,1-9H3,(H2,32,36)(H,33,37)(H,34,39). The fourth-order valence-electron chi connectivity index (χ4n) is 4.30. The topological polar surface area (TPSA) is 140 Å². The average molecular weight is 569 g/mol. The quantitative estimate of drug-likeness (QED) is 0.356. The summed E-state index contributed by atoms with van der Waals surface area (Å²) in [5, 5.41) is 5.45. The van der Waals surface area contributed by atoms with Gasteiger partial charge in [-0.25, -0.2) is 4.79 Å². The third kappa shape index (κ3) is 9.23. The van der Waals surface area contributed by atoms with Crippen LogP contribution in [-0.2, 0) is 19.1 Å². The normalized spacial score (nSPS) is 13.0. The number of carbonyl (C=O) groups is 4. The Morgan fingerprint density at radius 1 is 0.976 bits per heavy atom. The number of methoxy groups -OCH3 is 1. The van der Waals surface area contributed by atoms with Crippen LogP contribution in [0.4, 0.5) is 10.5 Å². The molecule has 4 amide bonds. The predicted molar refractivity (Wildman–Crippen MR) is 158 cm³/mol. The maximum Gasteiger partial charge on any atom is 0.408 e. The number of carbonyl (C=O) groups excluding carboxylic acids is 4. The third-order valence-electron chi connectivity index (χ3n) is 6.74. The zero-order chi connectivity index (χ0) is 31.1. The number of hydrogen-bond acceptors (Lipinski definition) is 6. The number of primary amides is 1. The molecule has 224 valence electrons. The van der Waals surface area contributed by atoms with Crippen LogP contribution < -0.4 is 21.1 Å². The number of ether oxygens (including phenoxy) is 2. The smallest absolute Gasteiger partial charge is 0.408 e. The van der Waals surface area contributed by atoms with Crippen molar-refractivity contribution in [3.8, 4) is 5.75 Å². The van der Waals surface area contributed by atoms with Gasteiger partial charge in [-0.1, -0.05) is 30.7 Å². The van der Waals surface area contributed by atoms with Crippen LogP contribution >= 0.6 is 0 Å². The highest BCUT2D eigenvalue weighted by Crippen LogP contribution is 2.35. The second-order valence-corrected chi connectivity index (χ2v) is 11.7. The van der Waals surface area contributed by atoms with E-state index in [1.54, 1.807) is 52.1 Å². The van der Waals surface area contributed by atoms with Crippen LogP contribution in [0.15, 0.2) is 42.5 Å². The van der Waals surface area contributed by atoms with Crippen molar-refractivity contribution in [3.05, 3.63) is 59.2 Å². The fourth-order valence-corrected chi connectivity index (χ4v) is 4.30. The van der Waals surface area contributed by atoms with E-state index >= 15 is 0 Å². The number of anilines is 1. The summed E-state index contributed by atoms with van der Waals surface area (Å²) in [7, 11) is 1.55. The van der Waals surface area contributed by atoms with Gasteiger partial charge in [-0.3, -0.25) is 14.4 Å². The van der Waals surface area contributed by atoms with Gasteiger partial charge in [-0.05, 0) is 90.3 Å². The Morgan fingerprint density at radius 2 is 1.59 bits per heavy atom. The van der Waals surface area contributed by atoms with Gasteiger partial charge >= 0.3 is 6.09 Å². The molecule has 4 N–H and O–H groups in total. The summed E-state index contributed by atoms with van der Waals surface area (Å²) in [6.45, 7) is 14.4. The Hall–Kier alpha value is -4.08. The average Bonchev–Trinajstić information content (AvgIpc) is 2.87. The lowest BCUT2D eigenvalue weighted by molar-refractivity contribution is -0.148. The Kier molecular flexibility index (Phi) is 10.9. The first-order chi connectivity index (χ1) is 19.0. The van der Waals surface area contributed by atoms with Gasteiger partial charge in [0.15, 0.2) is 0 Å². The lowest BCUT2D eigenvalue weighted by Gasteiger charge is -2.45. The first kappa shape index (κ1) is 33.1. The number of alkyl carbamates (subject to hydrolysis) is 1. The van der Waals surface area contributed by atoms with E-state index in [1.165, 1.54) is 4.90 Å². The molecule has 2 atom stereocenters. The van der Waals surface area contributed by atoms with Gasteiger partial charge in [-0.15, -0.1) is 0 Å². The van der Waals surface area contributed by atoms with Crippen LogP contribution in [0.2, 0.25) is 0 Å². The lowest BCUT2D eigenvalue weighted by Crippen LogP contribution is -2.59. The molecule has 0 saturated carbocycles. The van der Waals surface area contributed by atoms with E-state index in [9.17, 15) is 19.2 Å². The first-order valence-electron chi connectivity index (χ1n) is 13.6. The number of amides is 4. The highest BCUT2D eigenvalue weighted by molar-refractivity contribution is 6.00.